The van der Waals surface area contributed by atoms with Crippen LogP contribution in [0, 0.1) is 0 Å². The molecule has 0 bridgehead atoms. The van der Waals surface area contributed by atoms with Gasteiger partial charge in [0.1, 0.15) is 4.32 Å². The van der Waals surface area contributed by atoms with Crippen molar-refractivity contribution in [3.63, 3.8) is 0 Å². The van der Waals surface area contributed by atoms with Crippen molar-refractivity contribution in [1.82, 2.24) is 4.90 Å². The van der Waals surface area contributed by atoms with E-state index in [2.05, 4.69) is 25.7 Å². The Labute approximate surface area is 122 Å². The first-order valence-corrected chi connectivity index (χ1v) is 5.07. The summed E-state index contributed by atoms with van der Waals surface area (Å²) in [6, 6.07) is 0. The molecule has 62 valence electrons. The van der Waals surface area contributed by atoms with Gasteiger partial charge in [0.2, 0.25) is 0 Å². The molecular weight excluding hydrogens is 201 g/mol. The second kappa shape index (κ2) is 9.96. The van der Waals surface area contributed by atoms with Gasteiger partial charge in [-0.3, -0.25) is 0 Å². The zero-order chi connectivity index (χ0) is 7.98. The Bertz CT molecular complexity index is 105. The summed E-state index contributed by atoms with van der Waals surface area (Å²) in [7, 11) is 0. The van der Waals surface area contributed by atoms with Crippen LogP contribution in [0.1, 0.15) is 20.8 Å². The second-order valence-electron chi connectivity index (χ2n) is 1.87. The van der Waals surface area contributed by atoms with Gasteiger partial charge in [0.25, 0.3) is 0 Å². The van der Waals surface area contributed by atoms with Crippen LogP contribution < -0.4 is 0 Å². The molecule has 0 aliphatic rings. The Morgan fingerprint density at radius 2 is 1.73 bits per heavy atom. The molecule has 0 aliphatic heterocycles. The molecule has 0 spiro atoms. The third kappa shape index (κ3) is 6.99. The third-order valence-electron chi connectivity index (χ3n) is 1.29. The molecule has 1 nitrogen and oxygen atoms in total. The van der Waals surface area contributed by atoms with Crippen molar-refractivity contribution < 1.29 is 0 Å². The minimum atomic E-state index is 0. The molecule has 0 unspecified atom stereocenters. The molecule has 0 N–H and O–H groups in total. The first-order chi connectivity index (χ1) is 4.76. The Balaban J connectivity index is 0. The van der Waals surface area contributed by atoms with Gasteiger partial charge in [-0.15, -0.1) is 0 Å². The Kier molecular flexibility index (Phi) is 13.9. The second-order valence-corrected chi connectivity index (χ2v) is 3.77. The van der Waals surface area contributed by atoms with Crippen LogP contribution in [-0.4, -0.2) is 79.4 Å². The van der Waals surface area contributed by atoms with Crippen molar-refractivity contribution in [2.75, 3.05) is 18.8 Å². The number of rotatable bonds is 3. The normalized spacial score (nSPS) is 8.64. The van der Waals surface area contributed by atoms with E-state index in [1.807, 2.05) is 0 Å². The first kappa shape index (κ1) is 15.4. The van der Waals surface area contributed by atoms with Crippen LogP contribution in [0.4, 0.5) is 0 Å². The molecule has 0 aromatic carbocycles. The maximum atomic E-state index is 5.16. The van der Waals surface area contributed by atoms with E-state index < -0.39 is 0 Å². The summed E-state index contributed by atoms with van der Waals surface area (Å²) < 4.78 is 1.03. The minimum absolute atomic E-state index is 0. The van der Waals surface area contributed by atoms with E-state index >= 15 is 0 Å². The van der Waals surface area contributed by atoms with Crippen LogP contribution in [0.2, 0.25) is 0 Å². The molecule has 0 radical (unpaired) electrons. The molecule has 11 heavy (non-hydrogen) atoms. The summed E-state index contributed by atoms with van der Waals surface area (Å²) >= 11 is 6.91. The summed E-state index contributed by atoms with van der Waals surface area (Å²) in [5.74, 6) is 1.08. The third-order valence-corrected chi connectivity index (χ3v) is 2.70. The average Bonchev–Trinajstić information content (AvgIpc) is 1.91. The van der Waals surface area contributed by atoms with Crippen molar-refractivity contribution in [1.29, 1.82) is 0 Å². The molecule has 0 amide bonds. The van der Waals surface area contributed by atoms with Gasteiger partial charge in [-0.2, -0.15) is 0 Å². The van der Waals surface area contributed by atoms with E-state index in [4.69, 9.17) is 12.2 Å². The zero-order valence-electron chi connectivity index (χ0n) is 6.89. The van der Waals surface area contributed by atoms with Crippen molar-refractivity contribution in [3.05, 3.63) is 0 Å². The van der Waals surface area contributed by atoms with Crippen LogP contribution in [0.3, 0.4) is 0 Å². The molecule has 0 rings (SSSR count). The SMILES string of the molecule is CCSC(=S)N(CC)CC.[KH]. The van der Waals surface area contributed by atoms with Gasteiger partial charge in [-0.05, 0) is 19.6 Å². The quantitative estimate of drug-likeness (QED) is 0.523. The summed E-state index contributed by atoms with van der Waals surface area (Å²) in [6.45, 7) is 8.45. The molecule has 0 atom stereocenters. The molecule has 0 saturated carbocycles. The van der Waals surface area contributed by atoms with Crippen molar-refractivity contribution >= 4 is 79.7 Å². The van der Waals surface area contributed by atoms with E-state index in [0.29, 0.717) is 0 Å². The van der Waals surface area contributed by atoms with Gasteiger partial charge < -0.3 is 4.90 Å². The van der Waals surface area contributed by atoms with E-state index in [9.17, 15) is 0 Å². The summed E-state index contributed by atoms with van der Waals surface area (Å²) in [5.41, 5.74) is 0. The van der Waals surface area contributed by atoms with E-state index in [1.165, 1.54) is 0 Å². The fraction of sp³-hybridized carbons (Fsp3) is 0.857. The number of nitrogens with zero attached hydrogens (tertiary/aromatic N) is 1. The fourth-order valence-corrected chi connectivity index (χ4v) is 2.00. The van der Waals surface area contributed by atoms with Crippen LogP contribution in [0.15, 0.2) is 0 Å². The first-order valence-electron chi connectivity index (χ1n) is 3.67. The van der Waals surface area contributed by atoms with E-state index in [-0.39, 0.29) is 51.4 Å². The Morgan fingerprint density at radius 1 is 1.27 bits per heavy atom. The number of hydrogen-bond donors (Lipinski definition) is 0. The maximum absolute atomic E-state index is 5.16. The van der Waals surface area contributed by atoms with Gasteiger partial charge in [0.05, 0.1) is 0 Å². The van der Waals surface area contributed by atoms with Crippen molar-refractivity contribution in [3.8, 4) is 0 Å². The van der Waals surface area contributed by atoms with Crippen molar-refractivity contribution in [2.45, 2.75) is 20.8 Å². The number of thiocarbonyl (C=S) groups is 1. The standard InChI is InChI=1S/C7H15NS2.K.H/c1-4-8(5-2)7(9)10-6-3;;/h4-6H2,1-3H3;;. The number of hydrogen-bond acceptors (Lipinski definition) is 2. The fourth-order valence-electron chi connectivity index (χ4n) is 0.697. The van der Waals surface area contributed by atoms with E-state index in [0.717, 1.165) is 23.2 Å². The average molecular weight is 217 g/mol. The van der Waals surface area contributed by atoms with Gasteiger partial charge in [-0.25, -0.2) is 0 Å². The Morgan fingerprint density at radius 3 is 2.00 bits per heavy atom. The molecular formula is C7H16KNS2. The van der Waals surface area contributed by atoms with Crippen LogP contribution in [0.25, 0.3) is 0 Å². The molecule has 0 saturated heterocycles. The molecule has 0 fully saturated rings. The summed E-state index contributed by atoms with van der Waals surface area (Å²) in [5, 5.41) is 0. The summed E-state index contributed by atoms with van der Waals surface area (Å²) in [4.78, 5) is 2.20. The van der Waals surface area contributed by atoms with Gasteiger partial charge >= 0.3 is 51.4 Å². The summed E-state index contributed by atoms with van der Waals surface area (Å²) in [6.07, 6.45) is 0. The Hall–Kier alpha value is 1.88. The van der Waals surface area contributed by atoms with Crippen molar-refractivity contribution in [2.24, 2.45) is 0 Å². The van der Waals surface area contributed by atoms with Gasteiger partial charge in [0, 0.05) is 13.1 Å². The molecule has 4 heteroatoms. The predicted molar refractivity (Wildman–Crippen MR) is 60.8 cm³/mol. The molecule has 0 aromatic heterocycles. The van der Waals surface area contributed by atoms with E-state index in [1.54, 1.807) is 11.8 Å². The zero-order valence-corrected chi connectivity index (χ0v) is 8.52. The molecule has 0 aromatic rings. The molecule has 0 heterocycles. The molecule has 0 aliphatic carbocycles. The monoisotopic (exact) mass is 217 g/mol. The van der Waals surface area contributed by atoms with Crippen LogP contribution in [-0.2, 0) is 0 Å². The predicted octanol–water partition coefficient (Wildman–Crippen LogP) is 1.72. The van der Waals surface area contributed by atoms with Gasteiger partial charge in [-0.1, -0.05) is 30.9 Å². The van der Waals surface area contributed by atoms with Crippen LogP contribution in [0.5, 0.6) is 0 Å². The van der Waals surface area contributed by atoms with Gasteiger partial charge in [0.15, 0.2) is 0 Å². The number of thioether (sulfide) groups is 1. The topological polar surface area (TPSA) is 3.24 Å². The van der Waals surface area contributed by atoms with Crippen LogP contribution >= 0.6 is 24.0 Å².